The Hall–Kier alpha value is -2.34. The quantitative estimate of drug-likeness (QED) is 0.558. The van der Waals surface area contributed by atoms with Crippen molar-refractivity contribution in [2.24, 2.45) is 17.1 Å². The Labute approximate surface area is 161 Å². The van der Waals surface area contributed by atoms with E-state index in [1.807, 2.05) is 30.3 Å². The lowest BCUT2D eigenvalue weighted by Gasteiger charge is -2.27. The smallest absolute Gasteiger partial charge is 0.276 e. The maximum atomic E-state index is 12.8. The molecule has 6 heteroatoms. The number of rotatable bonds is 5. The molecule has 1 aliphatic heterocycles. The first kappa shape index (κ1) is 19.4. The van der Waals surface area contributed by atoms with E-state index in [9.17, 15) is 4.79 Å². The maximum Gasteiger partial charge on any atom is 0.276 e. The number of nitrogens with one attached hydrogen (secondary N) is 2. The molecule has 2 aromatic rings. The van der Waals surface area contributed by atoms with E-state index in [0.717, 1.165) is 42.9 Å². The number of hydrogen-bond acceptors (Lipinski definition) is 3. The first-order chi connectivity index (χ1) is 12.8. The van der Waals surface area contributed by atoms with Crippen molar-refractivity contribution >= 4 is 22.8 Å². The highest BCUT2D eigenvalue weighted by Crippen LogP contribution is 2.33. The summed E-state index contributed by atoms with van der Waals surface area (Å²) in [6.07, 6.45) is 2.04. The molecule has 3 rings (SSSR count). The molecule has 1 saturated heterocycles. The SMILES string of the molecule is CC(C)(C)C1CCN(CCCN(C(=N)N)C(=O)c2cc3ccccc3[nH]2)C1. The van der Waals surface area contributed by atoms with E-state index in [-0.39, 0.29) is 11.9 Å². The number of H-pyrrole nitrogens is 1. The molecule has 6 nitrogen and oxygen atoms in total. The molecule has 1 atom stereocenters. The Bertz CT molecular complexity index is 786. The number of nitrogens with zero attached hydrogens (tertiary/aromatic N) is 2. The van der Waals surface area contributed by atoms with Gasteiger partial charge in [0.05, 0.1) is 0 Å². The average molecular weight is 370 g/mol. The first-order valence-electron chi connectivity index (χ1n) is 9.71. The number of hydrogen-bond donors (Lipinski definition) is 3. The number of benzene rings is 1. The van der Waals surface area contributed by atoms with Crippen LogP contribution in [0.4, 0.5) is 0 Å². The molecule has 27 heavy (non-hydrogen) atoms. The van der Waals surface area contributed by atoms with Crippen molar-refractivity contribution in [3.63, 3.8) is 0 Å². The van der Waals surface area contributed by atoms with Gasteiger partial charge in [-0.2, -0.15) is 0 Å². The topological polar surface area (TPSA) is 89.2 Å². The Morgan fingerprint density at radius 3 is 2.74 bits per heavy atom. The van der Waals surface area contributed by atoms with Crippen molar-refractivity contribution in [1.29, 1.82) is 5.41 Å². The maximum absolute atomic E-state index is 12.8. The van der Waals surface area contributed by atoms with E-state index in [0.29, 0.717) is 17.7 Å². The number of amides is 1. The molecule has 1 aromatic carbocycles. The van der Waals surface area contributed by atoms with Crippen LogP contribution >= 0.6 is 0 Å². The molecule has 0 saturated carbocycles. The number of carbonyl (C=O) groups excluding carboxylic acids is 1. The number of fused-ring (bicyclic) bond motifs is 1. The molecule has 2 heterocycles. The summed E-state index contributed by atoms with van der Waals surface area (Å²) in [7, 11) is 0. The second-order valence-corrected chi connectivity index (χ2v) is 8.62. The van der Waals surface area contributed by atoms with Gasteiger partial charge in [0.25, 0.3) is 5.91 Å². The Kier molecular flexibility index (Phi) is 5.56. The summed E-state index contributed by atoms with van der Waals surface area (Å²) >= 11 is 0. The fourth-order valence-corrected chi connectivity index (χ4v) is 3.86. The van der Waals surface area contributed by atoms with Crippen LogP contribution in [0.1, 0.15) is 44.1 Å². The van der Waals surface area contributed by atoms with Crippen LogP contribution in [0.3, 0.4) is 0 Å². The third-order valence-electron chi connectivity index (χ3n) is 5.65. The van der Waals surface area contributed by atoms with Crippen LogP contribution in [0.25, 0.3) is 10.9 Å². The van der Waals surface area contributed by atoms with Crippen LogP contribution in [0.5, 0.6) is 0 Å². The average Bonchev–Trinajstić information content (AvgIpc) is 3.24. The number of aromatic amines is 1. The molecular formula is C21H31N5O. The largest absolute Gasteiger partial charge is 0.370 e. The van der Waals surface area contributed by atoms with E-state index >= 15 is 0 Å². The second kappa shape index (κ2) is 7.72. The number of aromatic nitrogens is 1. The van der Waals surface area contributed by atoms with Crippen LogP contribution in [-0.2, 0) is 0 Å². The molecule has 0 bridgehead atoms. The minimum atomic E-state index is -0.243. The van der Waals surface area contributed by atoms with Crippen molar-refractivity contribution in [3.8, 4) is 0 Å². The lowest BCUT2D eigenvalue weighted by molar-refractivity contribution is 0.0835. The molecule has 1 aliphatic rings. The van der Waals surface area contributed by atoms with E-state index in [1.54, 1.807) is 0 Å². The Morgan fingerprint density at radius 2 is 2.11 bits per heavy atom. The monoisotopic (exact) mass is 369 g/mol. The number of nitrogens with two attached hydrogens (primary N) is 1. The minimum Gasteiger partial charge on any atom is -0.370 e. The summed E-state index contributed by atoms with van der Waals surface area (Å²) in [4.78, 5) is 19.8. The van der Waals surface area contributed by atoms with E-state index in [4.69, 9.17) is 11.1 Å². The molecule has 1 unspecified atom stereocenters. The van der Waals surface area contributed by atoms with Gasteiger partial charge in [-0.3, -0.25) is 15.1 Å². The molecule has 146 valence electrons. The molecule has 0 radical (unpaired) electrons. The molecule has 0 spiro atoms. The van der Waals surface area contributed by atoms with E-state index in [2.05, 4.69) is 30.7 Å². The summed E-state index contributed by atoms with van der Waals surface area (Å²) in [6.45, 7) is 10.5. The van der Waals surface area contributed by atoms with Gasteiger partial charge in [0, 0.05) is 24.0 Å². The molecule has 1 fully saturated rings. The van der Waals surface area contributed by atoms with Gasteiger partial charge in [-0.25, -0.2) is 0 Å². The highest BCUT2D eigenvalue weighted by atomic mass is 16.2. The van der Waals surface area contributed by atoms with Crippen LogP contribution < -0.4 is 5.73 Å². The minimum absolute atomic E-state index is 0.201. The lowest BCUT2D eigenvalue weighted by Crippen LogP contribution is -2.43. The number of guanidine groups is 1. The number of likely N-dealkylation sites (tertiary alicyclic amines) is 1. The van der Waals surface area contributed by atoms with Crippen LogP contribution in [0.2, 0.25) is 0 Å². The fourth-order valence-electron chi connectivity index (χ4n) is 3.86. The van der Waals surface area contributed by atoms with E-state index in [1.165, 1.54) is 11.3 Å². The van der Waals surface area contributed by atoms with Gasteiger partial charge in [0.2, 0.25) is 0 Å². The third kappa shape index (κ3) is 4.50. The molecule has 1 aromatic heterocycles. The van der Waals surface area contributed by atoms with Crippen molar-refractivity contribution < 1.29 is 4.79 Å². The van der Waals surface area contributed by atoms with Crippen LogP contribution in [0.15, 0.2) is 30.3 Å². The highest BCUT2D eigenvalue weighted by molar-refractivity contribution is 6.05. The van der Waals surface area contributed by atoms with Crippen LogP contribution in [-0.4, -0.2) is 52.8 Å². The van der Waals surface area contributed by atoms with E-state index < -0.39 is 0 Å². The second-order valence-electron chi connectivity index (χ2n) is 8.62. The standard InChI is InChI=1S/C21H31N5O/c1-21(2,3)16-9-12-25(14-16)10-6-11-26(20(22)23)19(27)18-13-15-7-4-5-8-17(15)24-18/h4-5,7-8,13,16,24H,6,9-12,14H2,1-3H3,(H3,22,23). The third-order valence-corrected chi connectivity index (χ3v) is 5.65. The van der Waals surface area contributed by atoms with Crippen molar-refractivity contribution in [2.45, 2.75) is 33.6 Å². The lowest BCUT2D eigenvalue weighted by atomic mass is 9.80. The first-order valence-corrected chi connectivity index (χ1v) is 9.71. The predicted octanol–water partition coefficient (Wildman–Crippen LogP) is 3.26. The van der Waals surface area contributed by atoms with Crippen molar-refractivity contribution in [2.75, 3.05) is 26.2 Å². The molecule has 0 aliphatic carbocycles. The van der Waals surface area contributed by atoms with Gasteiger partial charge in [0.1, 0.15) is 5.69 Å². The van der Waals surface area contributed by atoms with Crippen LogP contribution in [0, 0.1) is 16.7 Å². The highest BCUT2D eigenvalue weighted by Gasteiger charge is 2.31. The van der Waals surface area contributed by atoms with Gasteiger partial charge in [-0.05, 0) is 49.4 Å². The zero-order valence-electron chi connectivity index (χ0n) is 16.6. The fraction of sp³-hybridized carbons (Fsp3) is 0.524. The van der Waals surface area contributed by atoms with Crippen molar-refractivity contribution in [3.05, 3.63) is 36.0 Å². The zero-order chi connectivity index (χ0) is 19.6. The summed E-state index contributed by atoms with van der Waals surface area (Å²) in [5.74, 6) is 0.273. The normalized spacial score (nSPS) is 18.1. The molecular weight excluding hydrogens is 338 g/mol. The van der Waals surface area contributed by atoms with Gasteiger partial charge >= 0.3 is 0 Å². The molecule has 4 N–H and O–H groups in total. The molecule has 1 amide bonds. The number of para-hydroxylation sites is 1. The number of carbonyl (C=O) groups is 1. The summed E-state index contributed by atoms with van der Waals surface area (Å²) in [5, 5.41) is 8.80. The van der Waals surface area contributed by atoms with Gasteiger partial charge in [-0.1, -0.05) is 39.0 Å². The summed E-state index contributed by atoms with van der Waals surface area (Å²) in [5.41, 5.74) is 7.43. The summed E-state index contributed by atoms with van der Waals surface area (Å²) in [6, 6.07) is 9.58. The zero-order valence-corrected chi connectivity index (χ0v) is 16.6. The predicted molar refractivity (Wildman–Crippen MR) is 110 cm³/mol. The van der Waals surface area contributed by atoms with Gasteiger partial charge in [-0.15, -0.1) is 0 Å². The Balaban J connectivity index is 1.58. The van der Waals surface area contributed by atoms with Gasteiger partial charge in [0.15, 0.2) is 5.96 Å². The Morgan fingerprint density at radius 1 is 1.37 bits per heavy atom. The van der Waals surface area contributed by atoms with Gasteiger partial charge < -0.3 is 15.6 Å². The van der Waals surface area contributed by atoms with Crippen molar-refractivity contribution in [1.82, 2.24) is 14.8 Å². The summed E-state index contributed by atoms with van der Waals surface area (Å²) < 4.78 is 0.